The Morgan fingerprint density at radius 2 is 1.52 bits per heavy atom. The number of esters is 1. The van der Waals surface area contributed by atoms with E-state index >= 15 is 0 Å². The van der Waals surface area contributed by atoms with E-state index in [1.54, 1.807) is 6.92 Å². The first-order valence-electron chi connectivity index (χ1n) is 11.3. The highest BCUT2D eigenvalue weighted by Gasteiger charge is 2.44. The standard InChI is InChI=1S/C23H40O2/c1-3-4-5-6-7-8-18-9-13-22-19(15-18)10-11-20-16-21(25-17(2)24)12-14-23(20)22/h18-23H,3-16H2,1-2H3/t18-,19?,20?,21-,22?,23?/m1/s1. The minimum atomic E-state index is -0.0865. The minimum Gasteiger partial charge on any atom is -0.463 e. The molecule has 0 amide bonds. The molecule has 3 fully saturated rings. The van der Waals surface area contributed by atoms with Crippen LogP contribution in [0.2, 0.25) is 0 Å². The molecule has 0 aromatic carbocycles. The molecular formula is C23H40O2. The summed E-state index contributed by atoms with van der Waals surface area (Å²) in [5.74, 6) is 4.73. The summed E-state index contributed by atoms with van der Waals surface area (Å²) in [6.45, 7) is 3.86. The van der Waals surface area contributed by atoms with Crippen LogP contribution in [0.5, 0.6) is 0 Å². The molecule has 0 radical (unpaired) electrons. The van der Waals surface area contributed by atoms with Crippen molar-refractivity contribution in [1.29, 1.82) is 0 Å². The lowest BCUT2D eigenvalue weighted by Gasteiger charge is -2.50. The highest BCUT2D eigenvalue weighted by molar-refractivity contribution is 5.66. The van der Waals surface area contributed by atoms with Gasteiger partial charge in [0.25, 0.3) is 0 Å². The fourth-order valence-corrected chi connectivity index (χ4v) is 6.49. The van der Waals surface area contributed by atoms with Crippen molar-refractivity contribution in [1.82, 2.24) is 0 Å². The molecule has 6 atom stereocenters. The van der Waals surface area contributed by atoms with E-state index in [9.17, 15) is 4.79 Å². The van der Waals surface area contributed by atoms with E-state index in [0.717, 1.165) is 42.4 Å². The zero-order valence-electron chi connectivity index (χ0n) is 16.7. The predicted octanol–water partition coefficient (Wildman–Crippen LogP) is 6.52. The van der Waals surface area contributed by atoms with Gasteiger partial charge in [0.15, 0.2) is 0 Å². The molecule has 3 aliphatic carbocycles. The van der Waals surface area contributed by atoms with Crippen LogP contribution in [0.25, 0.3) is 0 Å². The first-order chi connectivity index (χ1) is 12.2. The third-order valence-corrected chi connectivity index (χ3v) is 7.65. The van der Waals surface area contributed by atoms with E-state index in [4.69, 9.17) is 4.74 Å². The van der Waals surface area contributed by atoms with Gasteiger partial charge >= 0.3 is 5.97 Å². The highest BCUT2D eigenvalue weighted by Crippen LogP contribution is 2.53. The zero-order chi connectivity index (χ0) is 17.6. The van der Waals surface area contributed by atoms with Crippen molar-refractivity contribution in [2.75, 3.05) is 0 Å². The van der Waals surface area contributed by atoms with Gasteiger partial charge in [-0.3, -0.25) is 4.79 Å². The van der Waals surface area contributed by atoms with Crippen molar-refractivity contribution >= 4 is 5.97 Å². The van der Waals surface area contributed by atoms with Gasteiger partial charge in [0.05, 0.1) is 0 Å². The molecule has 144 valence electrons. The molecule has 2 heteroatoms. The summed E-state index contributed by atoms with van der Waals surface area (Å²) in [7, 11) is 0. The Bertz CT molecular complexity index is 418. The van der Waals surface area contributed by atoms with Crippen LogP contribution in [0.1, 0.15) is 104 Å². The maximum atomic E-state index is 11.3. The Morgan fingerprint density at radius 1 is 0.840 bits per heavy atom. The summed E-state index contributed by atoms with van der Waals surface area (Å²) < 4.78 is 5.53. The normalized spacial score (nSPS) is 37.8. The lowest BCUT2D eigenvalue weighted by Crippen LogP contribution is -2.43. The lowest BCUT2D eigenvalue weighted by atomic mass is 9.56. The van der Waals surface area contributed by atoms with Crippen LogP contribution >= 0.6 is 0 Å². The van der Waals surface area contributed by atoms with Gasteiger partial charge in [0, 0.05) is 6.92 Å². The topological polar surface area (TPSA) is 26.3 Å². The van der Waals surface area contributed by atoms with E-state index in [1.165, 1.54) is 77.0 Å². The maximum Gasteiger partial charge on any atom is 0.302 e. The summed E-state index contributed by atoms with van der Waals surface area (Å²) >= 11 is 0. The number of fused-ring (bicyclic) bond motifs is 3. The van der Waals surface area contributed by atoms with Crippen LogP contribution in [0.3, 0.4) is 0 Å². The van der Waals surface area contributed by atoms with Gasteiger partial charge in [0.2, 0.25) is 0 Å². The third kappa shape index (κ3) is 5.23. The van der Waals surface area contributed by atoms with Gasteiger partial charge in [-0.25, -0.2) is 0 Å². The average molecular weight is 349 g/mol. The van der Waals surface area contributed by atoms with Crippen LogP contribution in [0, 0.1) is 29.6 Å². The molecule has 0 bridgehead atoms. The number of carbonyl (C=O) groups excluding carboxylic acids is 1. The SMILES string of the molecule is CCCCCCC[C@@H]1CCC2C(CCC3C[C@H](OC(C)=O)CCC32)C1. The van der Waals surface area contributed by atoms with Gasteiger partial charge in [-0.1, -0.05) is 51.9 Å². The van der Waals surface area contributed by atoms with Crippen LogP contribution in [0.4, 0.5) is 0 Å². The number of rotatable bonds is 7. The van der Waals surface area contributed by atoms with Crippen LogP contribution < -0.4 is 0 Å². The van der Waals surface area contributed by atoms with Crippen molar-refractivity contribution in [2.24, 2.45) is 29.6 Å². The summed E-state index contributed by atoms with van der Waals surface area (Å²) in [5.41, 5.74) is 0. The fourth-order valence-electron chi connectivity index (χ4n) is 6.49. The summed E-state index contributed by atoms with van der Waals surface area (Å²) in [6.07, 6.45) is 19.8. The number of hydrogen-bond donors (Lipinski definition) is 0. The van der Waals surface area contributed by atoms with Crippen LogP contribution in [-0.4, -0.2) is 12.1 Å². The second-order valence-corrected chi connectivity index (χ2v) is 9.35. The second-order valence-electron chi connectivity index (χ2n) is 9.35. The van der Waals surface area contributed by atoms with Crippen molar-refractivity contribution < 1.29 is 9.53 Å². The summed E-state index contributed by atoms with van der Waals surface area (Å²) in [4.78, 5) is 11.3. The first kappa shape index (κ1) is 19.2. The van der Waals surface area contributed by atoms with E-state index in [2.05, 4.69) is 6.92 Å². The Morgan fingerprint density at radius 3 is 2.24 bits per heavy atom. The van der Waals surface area contributed by atoms with E-state index in [0.29, 0.717) is 0 Å². The molecule has 0 N–H and O–H groups in total. The van der Waals surface area contributed by atoms with Crippen LogP contribution in [-0.2, 0) is 9.53 Å². The Balaban J connectivity index is 1.43. The van der Waals surface area contributed by atoms with E-state index in [1.807, 2.05) is 0 Å². The summed E-state index contributed by atoms with van der Waals surface area (Å²) in [6, 6.07) is 0. The molecule has 4 unspecified atom stereocenters. The Kier molecular flexibility index (Phi) is 7.25. The molecule has 0 spiro atoms. The second kappa shape index (κ2) is 9.42. The van der Waals surface area contributed by atoms with Gasteiger partial charge in [0.1, 0.15) is 6.10 Å². The smallest absolute Gasteiger partial charge is 0.302 e. The molecule has 3 saturated carbocycles. The van der Waals surface area contributed by atoms with E-state index in [-0.39, 0.29) is 12.1 Å². The number of hydrogen-bond acceptors (Lipinski definition) is 2. The van der Waals surface area contributed by atoms with Crippen molar-refractivity contribution in [3.05, 3.63) is 0 Å². The van der Waals surface area contributed by atoms with Crippen molar-refractivity contribution in [3.8, 4) is 0 Å². The molecule has 0 aromatic rings. The molecule has 0 heterocycles. The average Bonchev–Trinajstić information content (AvgIpc) is 2.60. The number of unbranched alkanes of at least 4 members (excludes halogenated alkanes) is 4. The lowest BCUT2D eigenvalue weighted by molar-refractivity contribution is -0.151. The molecule has 25 heavy (non-hydrogen) atoms. The van der Waals surface area contributed by atoms with Crippen molar-refractivity contribution in [2.45, 2.75) is 110 Å². The number of carbonyl (C=O) groups is 1. The Labute approximate surface area is 155 Å². The van der Waals surface area contributed by atoms with Gasteiger partial charge in [-0.05, 0) is 74.5 Å². The molecule has 0 aliphatic heterocycles. The molecule has 3 aliphatic rings. The van der Waals surface area contributed by atoms with Gasteiger partial charge in [-0.15, -0.1) is 0 Å². The quantitative estimate of drug-likeness (QED) is 0.386. The molecular weight excluding hydrogens is 308 g/mol. The molecule has 0 aromatic heterocycles. The summed E-state index contributed by atoms with van der Waals surface area (Å²) in [5, 5.41) is 0. The molecule has 3 rings (SSSR count). The van der Waals surface area contributed by atoms with Crippen LogP contribution in [0.15, 0.2) is 0 Å². The minimum absolute atomic E-state index is 0.0865. The first-order valence-corrected chi connectivity index (χ1v) is 11.3. The van der Waals surface area contributed by atoms with Gasteiger partial charge in [-0.2, -0.15) is 0 Å². The maximum absolute atomic E-state index is 11.3. The largest absolute Gasteiger partial charge is 0.463 e. The highest BCUT2D eigenvalue weighted by atomic mass is 16.5. The zero-order valence-corrected chi connectivity index (χ0v) is 16.7. The van der Waals surface area contributed by atoms with Crippen molar-refractivity contribution in [3.63, 3.8) is 0 Å². The predicted molar refractivity (Wildman–Crippen MR) is 103 cm³/mol. The Hall–Kier alpha value is -0.530. The van der Waals surface area contributed by atoms with Gasteiger partial charge < -0.3 is 4.74 Å². The number of ether oxygens (including phenoxy) is 1. The molecule has 2 nitrogen and oxygen atoms in total. The third-order valence-electron chi connectivity index (χ3n) is 7.65. The monoisotopic (exact) mass is 348 g/mol. The molecule has 0 saturated heterocycles. The van der Waals surface area contributed by atoms with E-state index < -0.39 is 0 Å². The fraction of sp³-hybridized carbons (Fsp3) is 0.957.